The Kier molecular flexibility index (Phi) is 7.08. The van der Waals surface area contributed by atoms with E-state index in [1.54, 1.807) is 13.0 Å². The molecule has 1 amide bonds. The van der Waals surface area contributed by atoms with Crippen molar-refractivity contribution in [1.82, 2.24) is 0 Å². The van der Waals surface area contributed by atoms with Gasteiger partial charge in [-0.1, -0.05) is 41.4 Å². The number of carbonyl (C=O) groups is 2. The Morgan fingerprint density at radius 3 is 2.71 bits per heavy atom. The van der Waals surface area contributed by atoms with Gasteiger partial charge in [0.1, 0.15) is 5.00 Å². The van der Waals surface area contributed by atoms with E-state index in [2.05, 4.69) is 28.2 Å². The van der Waals surface area contributed by atoms with Gasteiger partial charge in [0.15, 0.2) is 0 Å². The van der Waals surface area contributed by atoms with Crippen molar-refractivity contribution >= 4 is 50.2 Å². The number of benzene rings is 1. The van der Waals surface area contributed by atoms with Crippen molar-refractivity contribution in [2.75, 3.05) is 11.9 Å². The summed E-state index contributed by atoms with van der Waals surface area (Å²) in [7, 11) is 0. The Labute approximate surface area is 178 Å². The second kappa shape index (κ2) is 9.52. The van der Waals surface area contributed by atoms with E-state index in [1.807, 2.05) is 24.3 Å². The first-order valence-electron chi connectivity index (χ1n) is 9.58. The standard InChI is InChI=1S/C22H24BrNO3S/c1-3-14-7-11-17-18(13-14)28-21(20(17)22(26)27-4-2)24-19(25)12-8-15-5-9-16(23)10-6-15/h5-6,8-10,12,14H,3-4,7,11,13H2,1-2H3,(H,24,25). The molecule has 0 fully saturated rings. The van der Waals surface area contributed by atoms with Gasteiger partial charge < -0.3 is 10.1 Å². The molecule has 1 heterocycles. The lowest BCUT2D eigenvalue weighted by atomic mass is 9.85. The zero-order valence-electron chi connectivity index (χ0n) is 16.1. The lowest BCUT2D eigenvalue weighted by Crippen LogP contribution is -2.16. The van der Waals surface area contributed by atoms with Crippen LogP contribution < -0.4 is 5.32 Å². The van der Waals surface area contributed by atoms with Crippen LogP contribution in [-0.2, 0) is 22.4 Å². The number of rotatable bonds is 6. The maximum absolute atomic E-state index is 12.6. The van der Waals surface area contributed by atoms with E-state index in [9.17, 15) is 9.59 Å². The molecule has 0 saturated heterocycles. The minimum atomic E-state index is -0.345. The van der Waals surface area contributed by atoms with Crippen LogP contribution in [-0.4, -0.2) is 18.5 Å². The van der Waals surface area contributed by atoms with Crippen molar-refractivity contribution in [3.05, 3.63) is 56.4 Å². The van der Waals surface area contributed by atoms with Gasteiger partial charge in [-0.2, -0.15) is 0 Å². The number of thiophene rings is 1. The van der Waals surface area contributed by atoms with Crippen molar-refractivity contribution in [3.63, 3.8) is 0 Å². The first kappa shape index (κ1) is 20.8. The summed E-state index contributed by atoms with van der Waals surface area (Å²) in [6.45, 7) is 4.31. The first-order valence-corrected chi connectivity index (χ1v) is 11.2. The molecule has 2 aromatic rings. The molecule has 1 aromatic heterocycles. The van der Waals surface area contributed by atoms with Crippen molar-refractivity contribution in [3.8, 4) is 0 Å². The number of anilines is 1. The third-order valence-electron chi connectivity index (χ3n) is 4.96. The third-order valence-corrected chi connectivity index (χ3v) is 6.66. The summed E-state index contributed by atoms with van der Waals surface area (Å²) in [6.07, 6.45) is 7.28. The number of fused-ring (bicyclic) bond motifs is 1. The molecule has 0 spiro atoms. The van der Waals surface area contributed by atoms with E-state index < -0.39 is 0 Å². The Bertz CT molecular complexity index is 886. The topological polar surface area (TPSA) is 55.4 Å². The van der Waals surface area contributed by atoms with E-state index >= 15 is 0 Å². The summed E-state index contributed by atoms with van der Waals surface area (Å²) < 4.78 is 6.25. The number of nitrogens with one attached hydrogen (secondary N) is 1. The summed E-state index contributed by atoms with van der Waals surface area (Å²) in [4.78, 5) is 26.2. The minimum absolute atomic E-state index is 0.251. The fourth-order valence-electron chi connectivity index (χ4n) is 3.41. The monoisotopic (exact) mass is 461 g/mol. The SMILES string of the molecule is CCOC(=O)c1c(NC(=O)C=Cc2ccc(Br)cc2)sc2c1CCC(CC)C2. The molecule has 0 bridgehead atoms. The number of carbonyl (C=O) groups excluding carboxylic acids is 2. The van der Waals surface area contributed by atoms with Crippen molar-refractivity contribution in [2.24, 2.45) is 5.92 Å². The molecule has 0 radical (unpaired) electrons. The lowest BCUT2D eigenvalue weighted by molar-refractivity contribution is -0.111. The molecule has 0 aliphatic heterocycles. The molecule has 1 aliphatic rings. The average molecular weight is 462 g/mol. The molecule has 0 saturated carbocycles. The summed E-state index contributed by atoms with van der Waals surface area (Å²) >= 11 is 4.91. The summed E-state index contributed by atoms with van der Waals surface area (Å²) in [5, 5.41) is 3.51. The number of amides is 1. The zero-order chi connectivity index (χ0) is 20.1. The quantitative estimate of drug-likeness (QED) is 0.433. The number of hydrogen-bond acceptors (Lipinski definition) is 4. The molecule has 1 atom stereocenters. The number of halogens is 1. The molecular weight excluding hydrogens is 438 g/mol. The molecule has 4 nitrogen and oxygen atoms in total. The predicted octanol–water partition coefficient (Wildman–Crippen LogP) is 5.85. The summed E-state index contributed by atoms with van der Waals surface area (Å²) in [5.74, 6) is 0.0447. The molecule has 1 N–H and O–H groups in total. The van der Waals surface area contributed by atoms with Crippen LogP contribution in [0.5, 0.6) is 0 Å². The number of ether oxygens (including phenoxy) is 1. The molecule has 3 rings (SSSR count). The van der Waals surface area contributed by atoms with Gasteiger partial charge in [-0.05, 0) is 61.4 Å². The van der Waals surface area contributed by atoms with Crippen LogP contribution in [0.3, 0.4) is 0 Å². The van der Waals surface area contributed by atoms with Gasteiger partial charge in [0, 0.05) is 15.4 Å². The highest BCUT2D eigenvalue weighted by molar-refractivity contribution is 9.10. The van der Waals surface area contributed by atoms with Crippen LogP contribution in [0.2, 0.25) is 0 Å². The maximum atomic E-state index is 12.6. The first-order chi connectivity index (χ1) is 13.5. The van der Waals surface area contributed by atoms with Gasteiger partial charge in [0.05, 0.1) is 12.2 Å². The third kappa shape index (κ3) is 4.92. The molecule has 6 heteroatoms. The van der Waals surface area contributed by atoms with Gasteiger partial charge in [-0.25, -0.2) is 4.79 Å². The van der Waals surface area contributed by atoms with Gasteiger partial charge in [0.2, 0.25) is 5.91 Å². The molecule has 1 aromatic carbocycles. The number of esters is 1. The molecule has 1 aliphatic carbocycles. The van der Waals surface area contributed by atoms with Crippen molar-refractivity contribution in [2.45, 2.75) is 39.5 Å². The smallest absolute Gasteiger partial charge is 0.341 e. The van der Waals surface area contributed by atoms with Crippen LogP contribution in [0.1, 0.15) is 53.1 Å². The van der Waals surface area contributed by atoms with E-state index in [0.29, 0.717) is 23.1 Å². The highest BCUT2D eigenvalue weighted by Gasteiger charge is 2.29. The number of hydrogen-bond donors (Lipinski definition) is 1. The maximum Gasteiger partial charge on any atom is 0.341 e. The van der Waals surface area contributed by atoms with Gasteiger partial charge >= 0.3 is 5.97 Å². The lowest BCUT2D eigenvalue weighted by Gasteiger charge is -2.20. The highest BCUT2D eigenvalue weighted by atomic mass is 79.9. The minimum Gasteiger partial charge on any atom is -0.462 e. The van der Waals surface area contributed by atoms with E-state index in [1.165, 1.54) is 22.3 Å². The van der Waals surface area contributed by atoms with Crippen LogP contribution >= 0.6 is 27.3 Å². The van der Waals surface area contributed by atoms with Crippen LogP contribution in [0, 0.1) is 5.92 Å². The summed E-state index contributed by atoms with van der Waals surface area (Å²) in [5.41, 5.74) is 2.53. The van der Waals surface area contributed by atoms with E-state index in [4.69, 9.17) is 4.74 Å². The van der Waals surface area contributed by atoms with Crippen molar-refractivity contribution < 1.29 is 14.3 Å². The highest BCUT2D eigenvalue weighted by Crippen LogP contribution is 2.40. The predicted molar refractivity (Wildman–Crippen MR) is 118 cm³/mol. The van der Waals surface area contributed by atoms with Gasteiger partial charge in [-0.15, -0.1) is 11.3 Å². The Morgan fingerprint density at radius 2 is 2.04 bits per heavy atom. The van der Waals surface area contributed by atoms with E-state index in [0.717, 1.165) is 41.3 Å². The Balaban J connectivity index is 1.82. The van der Waals surface area contributed by atoms with Crippen molar-refractivity contribution in [1.29, 1.82) is 0 Å². The van der Waals surface area contributed by atoms with E-state index in [-0.39, 0.29) is 11.9 Å². The molecule has 1 unspecified atom stereocenters. The molecular formula is C22H24BrNO3S. The molecule has 148 valence electrons. The fraction of sp³-hybridized carbons (Fsp3) is 0.364. The Hall–Kier alpha value is -1.92. The summed E-state index contributed by atoms with van der Waals surface area (Å²) in [6, 6.07) is 7.70. The van der Waals surface area contributed by atoms with Gasteiger partial charge in [0.25, 0.3) is 0 Å². The second-order valence-corrected chi connectivity index (χ2v) is 8.84. The second-order valence-electron chi connectivity index (χ2n) is 6.82. The Morgan fingerprint density at radius 1 is 1.29 bits per heavy atom. The normalized spacial score (nSPS) is 16.0. The van der Waals surface area contributed by atoms with Crippen LogP contribution in [0.4, 0.5) is 5.00 Å². The van der Waals surface area contributed by atoms with Crippen LogP contribution in [0.25, 0.3) is 6.08 Å². The van der Waals surface area contributed by atoms with Crippen LogP contribution in [0.15, 0.2) is 34.8 Å². The average Bonchev–Trinajstić information content (AvgIpc) is 3.04. The van der Waals surface area contributed by atoms with Gasteiger partial charge in [-0.3, -0.25) is 4.79 Å². The largest absolute Gasteiger partial charge is 0.462 e. The molecule has 28 heavy (non-hydrogen) atoms. The fourth-order valence-corrected chi connectivity index (χ4v) is 5.03. The zero-order valence-corrected chi connectivity index (χ0v) is 18.5.